The molecule has 0 bridgehead atoms. The van der Waals surface area contributed by atoms with Crippen molar-refractivity contribution in [1.82, 2.24) is 4.90 Å². The minimum Gasteiger partial charge on any atom is -0.489 e. The van der Waals surface area contributed by atoms with Crippen molar-refractivity contribution in [2.45, 2.75) is 38.6 Å². The van der Waals surface area contributed by atoms with Crippen LogP contribution in [0.5, 0.6) is 5.75 Å². The average molecular weight is 539 g/mol. The van der Waals surface area contributed by atoms with Crippen LogP contribution in [0.4, 0.5) is 18.9 Å². The number of hydrogen-bond donors (Lipinski definition) is 1. The van der Waals surface area contributed by atoms with Crippen molar-refractivity contribution in [3.8, 4) is 5.75 Å². The van der Waals surface area contributed by atoms with Crippen LogP contribution in [-0.2, 0) is 24.1 Å². The molecule has 0 saturated carbocycles. The Kier molecular flexibility index (Phi) is 9.30. The third kappa shape index (κ3) is 8.10. The molecule has 1 saturated heterocycles. The maximum atomic E-state index is 12.8. The van der Waals surface area contributed by atoms with Crippen LogP contribution in [0.25, 0.3) is 0 Å². The first-order valence-electron chi connectivity index (χ1n) is 13.0. The second-order valence-corrected chi connectivity index (χ2v) is 9.71. The van der Waals surface area contributed by atoms with Gasteiger partial charge in [-0.3, -0.25) is 9.69 Å². The van der Waals surface area contributed by atoms with Gasteiger partial charge in [0.1, 0.15) is 12.4 Å². The lowest BCUT2D eigenvalue weighted by Gasteiger charge is -2.36. The number of allylic oxidation sites excluding steroid dienone is 2. The summed E-state index contributed by atoms with van der Waals surface area (Å²) in [5.74, 6) is -0.271. The Morgan fingerprint density at radius 2 is 1.54 bits per heavy atom. The van der Waals surface area contributed by atoms with Gasteiger partial charge >= 0.3 is 12.1 Å². The van der Waals surface area contributed by atoms with Gasteiger partial charge in [0.05, 0.1) is 12.0 Å². The minimum absolute atomic E-state index is 0.0474. The number of alkyl halides is 3. The number of anilines is 1. The number of halogens is 3. The molecule has 4 rings (SSSR count). The van der Waals surface area contributed by atoms with E-state index in [2.05, 4.69) is 34.1 Å². The van der Waals surface area contributed by atoms with Crippen molar-refractivity contribution in [3.05, 3.63) is 107 Å². The zero-order chi connectivity index (χ0) is 27.8. The summed E-state index contributed by atoms with van der Waals surface area (Å²) >= 11 is 0. The largest absolute Gasteiger partial charge is 0.489 e. The fourth-order valence-corrected chi connectivity index (χ4v) is 4.72. The number of aliphatic carboxylic acids is 1. The second kappa shape index (κ2) is 12.8. The number of piperazine rings is 1. The Balaban J connectivity index is 1.23. The highest BCUT2D eigenvalue weighted by atomic mass is 19.4. The summed E-state index contributed by atoms with van der Waals surface area (Å²) in [6.07, 6.45) is -0.507. The standard InChI is InChI=1S/C31H33F3N2O3/c1-2-3-26(20-30(37)38)25-8-14-29(15-9-25)39-22-24-6-4-23(5-7-24)21-35-16-18-36(19-17-35)28-12-10-27(11-13-28)31(32,33)34/h2-15,26H,16-22H2,1H3,(H,37,38)/t26-/m1/s1. The summed E-state index contributed by atoms with van der Waals surface area (Å²) in [4.78, 5) is 15.6. The summed E-state index contributed by atoms with van der Waals surface area (Å²) in [6.45, 7) is 6.33. The first-order valence-corrected chi connectivity index (χ1v) is 13.0. The Bertz CT molecular complexity index is 1230. The van der Waals surface area contributed by atoms with Crippen molar-refractivity contribution in [3.63, 3.8) is 0 Å². The molecule has 1 aliphatic rings. The summed E-state index contributed by atoms with van der Waals surface area (Å²) < 4.78 is 44.4. The van der Waals surface area contributed by atoms with Gasteiger partial charge in [0, 0.05) is 44.3 Å². The number of carbonyl (C=O) groups is 1. The maximum absolute atomic E-state index is 12.8. The monoisotopic (exact) mass is 538 g/mol. The Morgan fingerprint density at radius 3 is 2.10 bits per heavy atom. The highest BCUT2D eigenvalue weighted by Gasteiger charge is 2.30. The lowest BCUT2D eigenvalue weighted by molar-refractivity contribution is -0.138. The van der Waals surface area contributed by atoms with Crippen LogP contribution < -0.4 is 9.64 Å². The van der Waals surface area contributed by atoms with Crippen LogP contribution >= 0.6 is 0 Å². The second-order valence-electron chi connectivity index (χ2n) is 9.71. The van der Waals surface area contributed by atoms with E-state index >= 15 is 0 Å². The number of benzene rings is 3. The fourth-order valence-electron chi connectivity index (χ4n) is 4.72. The highest BCUT2D eigenvalue weighted by Crippen LogP contribution is 2.31. The van der Waals surface area contributed by atoms with E-state index < -0.39 is 17.7 Å². The molecule has 206 valence electrons. The molecule has 0 spiro atoms. The van der Waals surface area contributed by atoms with E-state index in [1.54, 1.807) is 12.1 Å². The van der Waals surface area contributed by atoms with E-state index in [1.807, 2.05) is 43.3 Å². The van der Waals surface area contributed by atoms with Gasteiger partial charge in [-0.2, -0.15) is 13.2 Å². The molecule has 1 N–H and O–H groups in total. The molecule has 0 aromatic heterocycles. The third-order valence-electron chi connectivity index (χ3n) is 6.89. The molecule has 3 aromatic rings. The summed E-state index contributed by atoms with van der Waals surface area (Å²) in [7, 11) is 0. The van der Waals surface area contributed by atoms with Crippen molar-refractivity contribution < 1.29 is 27.8 Å². The predicted molar refractivity (Wildman–Crippen MR) is 146 cm³/mol. The molecule has 5 nitrogen and oxygen atoms in total. The molecule has 8 heteroatoms. The van der Waals surface area contributed by atoms with Crippen molar-refractivity contribution >= 4 is 11.7 Å². The first-order chi connectivity index (χ1) is 18.7. The Labute approximate surface area is 227 Å². The lowest BCUT2D eigenvalue weighted by atomic mass is 9.95. The smallest absolute Gasteiger partial charge is 0.416 e. The first kappa shape index (κ1) is 28.2. The number of ether oxygens (including phenoxy) is 1. The average Bonchev–Trinajstić information content (AvgIpc) is 2.93. The molecule has 1 heterocycles. The number of rotatable bonds is 10. The van der Waals surface area contributed by atoms with Gasteiger partial charge in [-0.1, -0.05) is 48.6 Å². The van der Waals surface area contributed by atoms with Crippen LogP contribution in [-0.4, -0.2) is 42.2 Å². The summed E-state index contributed by atoms with van der Waals surface area (Å²) in [6, 6.07) is 21.2. The number of nitrogens with zero attached hydrogens (tertiary/aromatic N) is 2. The van der Waals surface area contributed by atoms with Crippen LogP contribution in [0, 0.1) is 0 Å². The maximum Gasteiger partial charge on any atom is 0.416 e. The summed E-state index contributed by atoms with van der Waals surface area (Å²) in [5, 5.41) is 9.14. The molecule has 0 amide bonds. The molecule has 39 heavy (non-hydrogen) atoms. The molecular formula is C31H33F3N2O3. The van der Waals surface area contributed by atoms with Crippen molar-refractivity contribution in [2.75, 3.05) is 31.1 Å². The SMILES string of the molecule is CC=C[C@H](CC(=O)O)c1ccc(OCc2ccc(CN3CCN(c4ccc(C(F)(F)F)cc4)CC3)cc2)cc1. The molecule has 0 unspecified atom stereocenters. The van der Waals surface area contributed by atoms with Crippen molar-refractivity contribution in [2.24, 2.45) is 0 Å². The Hall–Kier alpha value is -3.78. The van der Waals surface area contributed by atoms with E-state index in [-0.39, 0.29) is 12.3 Å². The Morgan fingerprint density at radius 1 is 0.923 bits per heavy atom. The lowest BCUT2D eigenvalue weighted by Crippen LogP contribution is -2.45. The van der Waals surface area contributed by atoms with E-state index in [4.69, 9.17) is 9.84 Å². The van der Waals surface area contributed by atoms with Gasteiger partial charge in [0.2, 0.25) is 0 Å². The number of carboxylic acid groups (broad SMARTS) is 1. The summed E-state index contributed by atoms with van der Waals surface area (Å²) in [5.41, 5.74) is 3.38. The molecule has 1 aliphatic heterocycles. The van der Waals surface area contributed by atoms with E-state index in [1.165, 1.54) is 5.56 Å². The van der Waals surface area contributed by atoms with Crippen LogP contribution in [0.1, 0.15) is 41.5 Å². The highest BCUT2D eigenvalue weighted by molar-refractivity contribution is 5.68. The molecular weight excluding hydrogens is 505 g/mol. The third-order valence-corrected chi connectivity index (χ3v) is 6.89. The fraction of sp³-hybridized carbons (Fsp3) is 0.323. The van der Waals surface area contributed by atoms with Gasteiger partial charge < -0.3 is 14.7 Å². The van der Waals surface area contributed by atoms with Gasteiger partial charge in [-0.25, -0.2) is 0 Å². The van der Waals surface area contributed by atoms with Gasteiger partial charge in [0.15, 0.2) is 0 Å². The zero-order valence-electron chi connectivity index (χ0n) is 21.9. The molecule has 1 fully saturated rings. The van der Waals surface area contributed by atoms with Crippen LogP contribution in [0.2, 0.25) is 0 Å². The number of hydrogen-bond acceptors (Lipinski definition) is 4. The van der Waals surface area contributed by atoms with E-state index in [0.717, 1.165) is 67.4 Å². The molecule has 0 aliphatic carbocycles. The van der Waals surface area contributed by atoms with Gasteiger partial charge in [0.25, 0.3) is 0 Å². The molecule has 3 aromatic carbocycles. The zero-order valence-corrected chi connectivity index (χ0v) is 21.9. The van der Waals surface area contributed by atoms with Crippen LogP contribution in [0.3, 0.4) is 0 Å². The van der Waals surface area contributed by atoms with E-state index in [0.29, 0.717) is 6.61 Å². The topological polar surface area (TPSA) is 53.0 Å². The van der Waals surface area contributed by atoms with Gasteiger partial charge in [-0.05, 0) is 60.0 Å². The molecule has 0 radical (unpaired) electrons. The van der Waals surface area contributed by atoms with Crippen molar-refractivity contribution in [1.29, 1.82) is 0 Å². The predicted octanol–water partition coefficient (Wildman–Crippen LogP) is 6.74. The minimum atomic E-state index is -4.31. The van der Waals surface area contributed by atoms with Gasteiger partial charge in [-0.15, -0.1) is 0 Å². The van der Waals surface area contributed by atoms with E-state index in [9.17, 15) is 18.0 Å². The van der Waals surface area contributed by atoms with Crippen LogP contribution in [0.15, 0.2) is 84.9 Å². The normalized spacial score (nSPS) is 15.4. The number of carboxylic acids is 1. The molecule has 1 atom stereocenters. The quantitative estimate of drug-likeness (QED) is 0.290.